The number of aromatic nitrogens is 1. The Labute approximate surface area is 89.6 Å². The summed E-state index contributed by atoms with van der Waals surface area (Å²) in [4.78, 5) is 4.16. The summed E-state index contributed by atoms with van der Waals surface area (Å²) in [6, 6.07) is 12.7. The third-order valence-electron chi connectivity index (χ3n) is 2.22. The Balaban J connectivity index is 2.22. The van der Waals surface area contributed by atoms with Crippen LogP contribution in [0.3, 0.4) is 0 Å². The van der Waals surface area contributed by atoms with Crippen molar-refractivity contribution in [2.75, 3.05) is 0 Å². The Morgan fingerprint density at radius 3 is 2.53 bits per heavy atom. The van der Waals surface area contributed by atoms with Gasteiger partial charge in [-0.1, -0.05) is 18.2 Å². The monoisotopic (exact) mass is 198 g/mol. The second-order valence-corrected chi connectivity index (χ2v) is 3.41. The number of ether oxygens (including phenoxy) is 1. The van der Waals surface area contributed by atoms with E-state index >= 15 is 0 Å². The summed E-state index contributed by atoms with van der Waals surface area (Å²) in [6.07, 6.45) is 1.80. The average Bonchev–Trinajstić information content (AvgIpc) is 2.25. The molecule has 15 heavy (non-hydrogen) atoms. The minimum Gasteiger partial charge on any atom is -0.438 e. The van der Waals surface area contributed by atoms with Gasteiger partial charge in [-0.05, 0) is 37.1 Å². The van der Waals surface area contributed by atoms with Crippen molar-refractivity contribution in [3.63, 3.8) is 0 Å². The number of pyridine rings is 1. The SMILES string of the molecule is Cc1[c]c(Oc2ccccc2)ncc1C. The summed E-state index contributed by atoms with van der Waals surface area (Å²) in [5.41, 5.74) is 2.19. The molecule has 1 radical (unpaired) electrons. The lowest BCUT2D eigenvalue weighted by Crippen LogP contribution is -1.90. The molecule has 0 fully saturated rings. The van der Waals surface area contributed by atoms with Crippen LogP contribution in [-0.2, 0) is 0 Å². The van der Waals surface area contributed by atoms with Gasteiger partial charge in [0.2, 0.25) is 5.88 Å². The highest BCUT2D eigenvalue weighted by molar-refractivity contribution is 5.30. The third kappa shape index (κ3) is 2.34. The van der Waals surface area contributed by atoms with Gasteiger partial charge in [0.05, 0.1) is 6.07 Å². The highest BCUT2D eigenvalue weighted by Crippen LogP contribution is 2.19. The van der Waals surface area contributed by atoms with E-state index < -0.39 is 0 Å². The van der Waals surface area contributed by atoms with Gasteiger partial charge in [0.25, 0.3) is 0 Å². The molecule has 0 aliphatic carbocycles. The van der Waals surface area contributed by atoms with Gasteiger partial charge in [-0.3, -0.25) is 0 Å². The summed E-state index contributed by atoms with van der Waals surface area (Å²) in [6.45, 7) is 4.00. The molecular weight excluding hydrogens is 186 g/mol. The lowest BCUT2D eigenvalue weighted by atomic mass is 10.2. The van der Waals surface area contributed by atoms with E-state index in [4.69, 9.17) is 4.74 Å². The molecule has 0 unspecified atom stereocenters. The molecule has 0 aliphatic heterocycles. The number of benzene rings is 1. The maximum Gasteiger partial charge on any atom is 0.227 e. The number of nitrogens with zero attached hydrogens (tertiary/aromatic N) is 1. The summed E-state index contributed by atoms with van der Waals surface area (Å²) in [7, 11) is 0. The van der Waals surface area contributed by atoms with Crippen molar-refractivity contribution in [3.05, 3.63) is 53.7 Å². The van der Waals surface area contributed by atoms with Gasteiger partial charge in [0.1, 0.15) is 5.75 Å². The molecule has 2 rings (SSSR count). The first-order chi connectivity index (χ1) is 7.25. The zero-order valence-corrected chi connectivity index (χ0v) is 8.82. The number of hydrogen-bond acceptors (Lipinski definition) is 2. The van der Waals surface area contributed by atoms with Crippen molar-refractivity contribution in [1.82, 2.24) is 4.98 Å². The maximum atomic E-state index is 5.55. The molecule has 0 saturated carbocycles. The van der Waals surface area contributed by atoms with Crippen LogP contribution in [0.25, 0.3) is 0 Å². The Morgan fingerprint density at radius 2 is 1.87 bits per heavy atom. The van der Waals surface area contributed by atoms with Crippen LogP contribution in [0.5, 0.6) is 11.6 Å². The van der Waals surface area contributed by atoms with E-state index in [2.05, 4.69) is 11.1 Å². The molecule has 1 aromatic heterocycles. The number of aryl methyl sites for hydroxylation is 2. The molecule has 0 amide bonds. The molecule has 0 N–H and O–H groups in total. The summed E-state index contributed by atoms with van der Waals surface area (Å²) < 4.78 is 5.55. The molecule has 0 aliphatic rings. The van der Waals surface area contributed by atoms with Crippen LogP contribution in [0.15, 0.2) is 36.5 Å². The fraction of sp³-hybridized carbons (Fsp3) is 0.154. The summed E-state index contributed by atoms with van der Waals surface area (Å²) >= 11 is 0. The number of hydrogen-bond donors (Lipinski definition) is 0. The van der Waals surface area contributed by atoms with E-state index in [1.807, 2.05) is 44.2 Å². The van der Waals surface area contributed by atoms with Crippen LogP contribution in [0, 0.1) is 19.9 Å². The Morgan fingerprint density at radius 1 is 1.13 bits per heavy atom. The largest absolute Gasteiger partial charge is 0.438 e. The van der Waals surface area contributed by atoms with Crippen LogP contribution in [0.1, 0.15) is 11.1 Å². The van der Waals surface area contributed by atoms with E-state index in [1.165, 1.54) is 0 Å². The van der Waals surface area contributed by atoms with Crippen molar-refractivity contribution in [3.8, 4) is 11.6 Å². The van der Waals surface area contributed by atoms with Gasteiger partial charge in [-0.25, -0.2) is 4.98 Å². The second kappa shape index (κ2) is 4.13. The quantitative estimate of drug-likeness (QED) is 0.738. The predicted molar refractivity (Wildman–Crippen MR) is 59.1 cm³/mol. The fourth-order valence-corrected chi connectivity index (χ4v) is 1.20. The summed E-state index contributed by atoms with van der Waals surface area (Å²) in [5.74, 6) is 1.30. The van der Waals surface area contributed by atoms with Gasteiger partial charge < -0.3 is 4.74 Å². The van der Waals surface area contributed by atoms with Crippen LogP contribution in [0.4, 0.5) is 0 Å². The minimum absolute atomic E-state index is 0.518. The lowest BCUT2D eigenvalue weighted by molar-refractivity contribution is 0.461. The normalized spacial score (nSPS) is 10.0. The van der Waals surface area contributed by atoms with Gasteiger partial charge >= 0.3 is 0 Å². The maximum absolute atomic E-state index is 5.55. The molecule has 2 nitrogen and oxygen atoms in total. The Hall–Kier alpha value is -1.83. The van der Waals surface area contributed by atoms with Gasteiger partial charge in [-0.2, -0.15) is 0 Å². The molecule has 1 heterocycles. The van der Waals surface area contributed by atoms with E-state index in [0.29, 0.717) is 5.88 Å². The molecule has 2 heteroatoms. The molecule has 2 aromatic rings. The number of para-hydroxylation sites is 1. The number of rotatable bonds is 2. The Bertz CT molecular complexity index is 451. The topological polar surface area (TPSA) is 22.1 Å². The van der Waals surface area contributed by atoms with Crippen LogP contribution in [-0.4, -0.2) is 4.98 Å². The van der Waals surface area contributed by atoms with Crippen molar-refractivity contribution < 1.29 is 4.74 Å². The van der Waals surface area contributed by atoms with E-state index in [9.17, 15) is 0 Å². The molecule has 75 valence electrons. The molecule has 0 bridgehead atoms. The first-order valence-electron chi connectivity index (χ1n) is 4.84. The molecular formula is C13H12NO. The highest BCUT2D eigenvalue weighted by Gasteiger charge is 2.00. The zero-order valence-electron chi connectivity index (χ0n) is 8.82. The molecule has 0 saturated heterocycles. The van der Waals surface area contributed by atoms with E-state index in [0.717, 1.165) is 16.9 Å². The van der Waals surface area contributed by atoms with E-state index in [1.54, 1.807) is 6.20 Å². The summed E-state index contributed by atoms with van der Waals surface area (Å²) in [5, 5.41) is 0. The van der Waals surface area contributed by atoms with Crippen LogP contribution >= 0.6 is 0 Å². The second-order valence-electron chi connectivity index (χ2n) is 3.41. The fourth-order valence-electron chi connectivity index (χ4n) is 1.20. The smallest absolute Gasteiger partial charge is 0.227 e. The van der Waals surface area contributed by atoms with Crippen molar-refractivity contribution in [2.45, 2.75) is 13.8 Å². The standard InChI is InChI=1S/C13H12NO/c1-10-8-13(14-9-11(10)2)15-12-6-4-3-5-7-12/h3-7,9H,1-2H3. The molecule has 1 aromatic carbocycles. The van der Waals surface area contributed by atoms with Gasteiger partial charge in [0.15, 0.2) is 0 Å². The minimum atomic E-state index is 0.518. The zero-order chi connectivity index (χ0) is 10.7. The first kappa shape index (κ1) is 9.71. The average molecular weight is 198 g/mol. The van der Waals surface area contributed by atoms with Gasteiger partial charge in [0, 0.05) is 6.20 Å². The van der Waals surface area contributed by atoms with Crippen LogP contribution in [0.2, 0.25) is 0 Å². The molecule has 0 spiro atoms. The van der Waals surface area contributed by atoms with Gasteiger partial charge in [-0.15, -0.1) is 0 Å². The van der Waals surface area contributed by atoms with E-state index in [-0.39, 0.29) is 0 Å². The Kier molecular flexibility index (Phi) is 2.68. The van der Waals surface area contributed by atoms with Crippen molar-refractivity contribution in [2.24, 2.45) is 0 Å². The third-order valence-corrected chi connectivity index (χ3v) is 2.22. The van der Waals surface area contributed by atoms with Crippen molar-refractivity contribution >= 4 is 0 Å². The lowest BCUT2D eigenvalue weighted by Gasteiger charge is -2.05. The van der Waals surface area contributed by atoms with Crippen LogP contribution < -0.4 is 4.74 Å². The molecule has 0 atom stereocenters. The highest BCUT2D eigenvalue weighted by atomic mass is 16.5. The first-order valence-corrected chi connectivity index (χ1v) is 4.84. The van der Waals surface area contributed by atoms with Crippen molar-refractivity contribution in [1.29, 1.82) is 0 Å². The predicted octanol–water partition coefficient (Wildman–Crippen LogP) is 3.29.